The number of ether oxygens (including phenoxy) is 2. The number of rotatable bonds is 6. The summed E-state index contributed by atoms with van der Waals surface area (Å²) in [5.41, 5.74) is 0.522. The normalized spacial score (nSPS) is 11.6. The molecule has 2 rings (SSSR count). The van der Waals surface area contributed by atoms with Gasteiger partial charge in [-0.2, -0.15) is 0 Å². The summed E-state index contributed by atoms with van der Waals surface area (Å²) in [5.74, 6) is -2.91. The second-order valence-electron chi connectivity index (χ2n) is 5.12. The fourth-order valence-electron chi connectivity index (χ4n) is 2.47. The first-order valence-corrected chi connectivity index (χ1v) is 7.20. The third kappa shape index (κ3) is 3.71. The molecule has 0 bridgehead atoms. The number of halogens is 1. The molecule has 5 nitrogen and oxygen atoms in total. The zero-order valence-corrected chi connectivity index (χ0v) is 13.3. The lowest BCUT2D eigenvalue weighted by Crippen LogP contribution is -2.19. The second kappa shape index (κ2) is 7.59. The van der Waals surface area contributed by atoms with E-state index < -0.39 is 23.5 Å². The number of phenols is 1. The van der Waals surface area contributed by atoms with Gasteiger partial charge in [0.25, 0.3) is 0 Å². The van der Waals surface area contributed by atoms with Crippen molar-refractivity contribution in [2.75, 3.05) is 14.2 Å². The van der Waals surface area contributed by atoms with Crippen molar-refractivity contribution in [1.82, 2.24) is 0 Å². The van der Waals surface area contributed by atoms with E-state index in [0.717, 1.165) is 7.11 Å². The highest BCUT2D eigenvalue weighted by molar-refractivity contribution is 6.33. The van der Waals surface area contributed by atoms with E-state index in [0.29, 0.717) is 11.3 Å². The van der Waals surface area contributed by atoms with Crippen LogP contribution in [-0.4, -0.2) is 31.1 Å². The van der Waals surface area contributed by atoms with Gasteiger partial charge in [-0.05, 0) is 17.7 Å². The fraction of sp³-hybridized carbons (Fsp3) is 0.222. The molecule has 2 aromatic carbocycles. The van der Waals surface area contributed by atoms with Gasteiger partial charge in [0, 0.05) is 24.0 Å². The van der Waals surface area contributed by atoms with Crippen molar-refractivity contribution in [2.45, 2.75) is 12.3 Å². The maximum atomic E-state index is 14.2. The molecule has 0 unspecified atom stereocenters. The van der Waals surface area contributed by atoms with Gasteiger partial charge in [-0.25, -0.2) is 9.18 Å². The molecule has 0 aliphatic carbocycles. The molecule has 0 saturated carbocycles. The van der Waals surface area contributed by atoms with Gasteiger partial charge in [0.2, 0.25) is 5.78 Å². The van der Waals surface area contributed by atoms with E-state index in [9.17, 15) is 19.1 Å². The molecular weight excluding hydrogens is 315 g/mol. The largest absolute Gasteiger partial charge is 0.508 e. The van der Waals surface area contributed by atoms with Crippen LogP contribution >= 0.6 is 0 Å². The highest BCUT2D eigenvalue weighted by atomic mass is 19.1. The number of Topliss-reactive ketones (excluding diaryl/α,β-unsaturated/α-hetero) is 1. The van der Waals surface area contributed by atoms with Gasteiger partial charge in [0.1, 0.15) is 17.3 Å². The topological polar surface area (TPSA) is 72.8 Å². The Labute approximate surface area is 138 Å². The Bertz CT molecular complexity index is 757. The van der Waals surface area contributed by atoms with Gasteiger partial charge in [0.15, 0.2) is 0 Å². The fourth-order valence-corrected chi connectivity index (χ4v) is 2.47. The molecule has 0 spiro atoms. The van der Waals surface area contributed by atoms with Crippen LogP contribution in [0, 0.1) is 5.82 Å². The summed E-state index contributed by atoms with van der Waals surface area (Å²) in [7, 11) is 2.55. The van der Waals surface area contributed by atoms with Crippen molar-refractivity contribution < 1.29 is 28.6 Å². The summed E-state index contributed by atoms with van der Waals surface area (Å²) in [6, 6.07) is 10.4. The third-order valence-electron chi connectivity index (χ3n) is 3.70. The molecule has 0 radical (unpaired) electrons. The zero-order valence-electron chi connectivity index (χ0n) is 13.3. The molecule has 0 saturated heterocycles. The first kappa shape index (κ1) is 17.5. The van der Waals surface area contributed by atoms with E-state index >= 15 is 0 Å². The number of aromatic hydroxyl groups is 1. The average molecular weight is 332 g/mol. The van der Waals surface area contributed by atoms with E-state index in [1.54, 1.807) is 12.1 Å². The van der Waals surface area contributed by atoms with Crippen LogP contribution in [0.2, 0.25) is 0 Å². The number of ketones is 1. The number of carbonyl (C=O) groups excluding carboxylic acids is 2. The molecule has 0 aliphatic heterocycles. The van der Waals surface area contributed by atoms with Crippen LogP contribution in [0.3, 0.4) is 0 Å². The Morgan fingerprint density at radius 3 is 2.42 bits per heavy atom. The molecule has 0 amide bonds. The van der Waals surface area contributed by atoms with E-state index in [4.69, 9.17) is 4.74 Å². The number of benzene rings is 2. The SMILES string of the molecule is COC(=O)C(=O)C[C@@H](c1ccc(OC)cc1O)c1ccccc1F. The van der Waals surface area contributed by atoms with Crippen molar-refractivity contribution in [1.29, 1.82) is 0 Å². The van der Waals surface area contributed by atoms with Gasteiger partial charge in [0.05, 0.1) is 14.2 Å². The van der Waals surface area contributed by atoms with Gasteiger partial charge >= 0.3 is 5.97 Å². The molecule has 126 valence electrons. The zero-order chi connectivity index (χ0) is 17.7. The molecule has 0 aliphatic rings. The first-order chi connectivity index (χ1) is 11.5. The number of hydrogen-bond donors (Lipinski definition) is 1. The van der Waals surface area contributed by atoms with Crippen molar-refractivity contribution in [3.63, 3.8) is 0 Å². The summed E-state index contributed by atoms with van der Waals surface area (Å²) in [4.78, 5) is 23.4. The Balaban J connectivity index is 2.49. The molecule has 2 aromatic rings. The summed E-state index contributed by atoms with van der Waals surface area (Å²) in [6.45, 7) is 0. The lowest BCUT2D eigenvalue weighted by atomic mass is 9.86. The molecule has 1 atom stereocenters. The van der Waals surface area contributed by atoms with E-state index in [-0.39, 0.29) is 17.7 Å². The second-order valence-corrected chi connectivity index (χ2v) is 5.12. The van der Waals surface area contributed by atoms with E-state index in [2.05, 4.69) is 4.74 Å². The minimum absolute atomic E-state index is 0.153. The molecule has 0 heterocycles. The third-order valence-corrected chi connectivity index (χ3v) is 3.70. The standard InChI is InChI=1S/C18H17FO5/c1-23-11-7-8-13(16(20)9-11)14(10-17(21)18(22)24-2)12-5-3-4-6-15(12)19/h3-9,14,20H,10H2,1-2H3/t14-/m1/s1. The van der Waals surface area contributed by atoms with Crippen LogP contribution in [0.5, 0.6) is 11.5 Å². The van der Waals surface area contributed by atoms with Crippen molar-refractivity contribution in [3.05, 3.63) is 59.4 Å². The summed E-state index contributed by atoms with van der Waals surface area (Å²) in [6.07, 6.45) is -0.326. The van der Waals surface area contributed by atoms with E-state index in [1.807, 2.05) is 0 Å². The Hall–Kier alpha value is -2.89. The maximum absolute atomic E-state index is 14.2. The number of methoxy groups -OCH3 is 2. The summed E-state index contributed by atoms with van der Waals surface area (Å²) in [5, 5.41) is 10.2. The number of carbonyl (C=O) groups is 2. The number of phenolic OH excluding ortho intramolecular Hbond substituents is 1. The van der Waals surface area contributed by atoms with Crippen LogP contribution in [0.25, 0.3) is 0 Å². The minimum Gasteiger partial charge on any atom is -0.508 e. The highest BCUT2D eigenvalue weighted by Gasteiger charge is 2.27. The lowest BCUT2D eigenvalue weighted by Gasteiger charge is -2.19. The highest BCUT2D eigenvalue weighted by Crippen LogP contribution is 2.37. The van der Waals surface area contributed by atoms with Gasteiger partial charge in [-0.3, -0.25) is 4.79 Å². The molecule has 0 fully saturated rings. The summed E-state index contributed by atoms with van der Waals surface area (Å²) < 4.78 is 23.6. The summed E-state index contributed by atoms with van der Waals surface area (Å²) >= 11 is 0. The van der Waals surface area contributed by atoms with Crippen LogP contribution in [-0.2, 0) is 14.3 Å². The Kier molecular flexibility index (Phi) is 5.52. The Morgan fingerprint density at radius 1 is 1.12 bits per heavy atom. The maximum Gasteiger partial charge on any atom is 0.374 e. The number of esters is 1. The van der Waals surface area contributed by atoms with Gasteiger partial charge in [-0.15, -0.1) is 0 Å². The van der Waals surface area contributed by atoms with Crippen LogP contribution in [0.1, 0.15) is 23.5 Å². The molecule has 24 heavy (non-hydrogen) atoms. The average Bonchev–Trinajstić information content (AvgIpc) is 2.59. The molecule has 1 N–H and O–H groups in total. The van der Waals surface area contributed by atoms with Crippen molar-refractivity contribution in [3.8, 4) is 11.5 Å². The quantitative estimate of drug-likeness (QED) is 0.650. The Morgan fingerprint density at radius 2 is 1.83 bits per heavy atom. The lowest BCUT2D eigenvalue weighted by molar-refractivity contribution is -0.151. The molecule has 6 heteroatoms. The van der Waals surface area contributed by atoms with Gasteiger partial charge in [-0.1, -0.05) is 24.3 Å². The first-order valence-electron chi connectivity index (χ1n) is 7.20. The van der Waals surface area contributed by atoms with Gasteiger partial charge < -0.3 is 14.6 Å². The van der Waals surface area contributed by atoms with Crippen molar-refractivity contribution in [2.24, 2.45) is 0 Å². The van der Waals surface area contributed by atoms with Crippen molar-refractivity contribution >= 4 is 11.8 Å². The smallest absolute Gasteiger partial charge is 0.374 e. The molecule has 0 aromatic heterocycles. The monoisotopic (exact) mass is 332 g/mol. The van der Waals surface area contributed by atoms with Crippen LogP contribution in [0.4, 0.5) is 4.39 Å². The molecular formula is C18H17FO5. The predicted octanol–water partition coefficient (Wildman–Crippen LogP) is 2.80. The van der Waals surface area contributed by atoms with E-state index in [1.165, 1.54) is 37.4 Å². The van der Waals surface area contributed by atoms with Crippen LogP contribution < -0.4 is 4.74 Å². The minimum atomic E-state index is -1.01. The predicted molar refractivity (Wildman–Crippen MR) is 84.5 cm³/mol. The van der Waals surface area contributed by atoms with Crippen LogP contribution in [0.15, 0.2) is 42.5 Å². The number of hydrogen-bond acceptors (Lipinski definition) is 5.